The van der Waals surface area contributed by atoms with E-state index in [1.54, 1.807) is 0 Å². The van der Waals surface area contributed by atoms with Gasteiger partial charge in [-0.25, -0.2) is 0 Å². The zero-order chi connectivity index (χ0) is 16.3. The van der Waals surface area contributed by atoms with Gasteiger partial charge in [0.05, 0.1) is 13.2 Å². The minimum Gasteiger partial charge on any atom is -0.494 e. The lowest BCUT2D eigenvalue weighted by molar-refractivity contribution is -0.130. The van der Waals surface area contributed by atoms with Crippen LogP contribution in [0.15, 0.2) is 24.3 Å². The molecule has 1 aromatic carbocycles. The summed E-state index contributed by atoms with van der Waals surface area (Å²) < 4.78 is 5.73. The Balaban J connectivity index is 1.67. The van der Waals surface area contributed by atoms with E-state index in [1.807, 2.05) is 29.2 Å². The molecule has 0 bridgehead atoms. The Bertz CT molecular complexity index is 453. The van der Waals surface area contributed by atoms with Gasteiger partial charge in [-0.15, -0.1) is 0 Å². The number of benzene rings is 1. The number of nitrogens with zero attached hydrogens (tertiary/aromatic N) is 1. The summed E-state index contributed by atoms with van der Waals surface area (Å²) >= 11 is 0. The van der Waals surface area contributed by atoms with Crippen LogP contribution in [-0.2, 0) is 4.79 Å². The summed E-state index contributed by atoms with van der Waals surface area (Å²) in [5.41, 5.74) is 0.966. The van der Waals surface area contributed by atoms with Crippen LogP contribution in [0.2, 0.25) is 0 Å². The third-order valence-corrected chi connectivity index (χ3v) is 4.27. The fourth-order valence-electron chi connectivity index (χ4n) is 2.82. The molecule has 1 aromatic rings. The molecule has 1 amide bonds. The lowest BCUT2D eigenvalue weighted by Gasteiger charge is -2.26. The largest absolute Gasteiger partial charge is 0.494 e. The van der Waals surface area contributed by atoms with Gasteiger partial charge in [-0.05, 0) is 49.9 Å². The molecular formula is C19H30N2O2. The molecule has 0 spiro atoms. The predicted molar refractivity (Wildman–Crippen MR) is 95.0 cm³/mol. The Hall–Kier alpha value is -1.71. The third kappa shape index (κ3) is 6.51. The van der Waals surface area contributed by atoms with Crippen molar-refractivity contribution < 1.29 is 9.53 Å². The zero-order valence-electron chi connectivity index (χ0n) is 14.4. The summed E-state index contributed by atoms with van der Waals surface area (Å²) in [5, 5.41) is 3.21. The molecule has 0 saturated carbocycles. The molecule has 0 radical (unpaired) electrons. The second kappa shape index (κ2) is 10.1. The van der Waals surface area contributed by atoms with Crippen LogP contribution >= 0.6 is 0 Å². The molecule has 1 N–H and O–H groups in total. The van der Waals surface area contributed by atoms with Gasteiger partial charge in [-0.2, -0.15) is 0 Å². The third-order valence-electron chi connectivity index (χ3n) is 4.27. The van der Waals surface area contributed by atoms with E-state index in [1.165, 1.54) is 25.7 Å². The standard InChI is InChI=1S/C19H30N2O2/c1-2-3-4-8-15-23-18-11-9-17(10-12-18)20-16-19(22)21-13-6-5-7-14-21/h9-12,20H,2-8,13-16H2,1H3. The number of likely N-dealkylation sites (tertiary alicyclic amines) is 1. The summed E-state index contributed by atoms with van der Waals surface area (Å²) in [7, 11) is 0. The lowest BCUT2D eigenvalue weighted by Crippen LogP contribution is -2.39. The summed E-state index contributed by atoms with van der Waals surface area (Å²) in [6.45, 7) is 5.18. The van der Waals surface area contributed by atoms with E-state index in [0.29, 0.717) is 6.54 Å². The maximum absolute atomic E-state index is 12.1. The molecule has 128 valence electrons. The molecule has 4 heteroatoms. The van der Waals surface area contributed by atoms with Gasteiger partial charge < -0.3 is 15.0 Å². The van der Waals surface area contributed by atoms with Crippen LogP contribution in [0.4, 0.5) is 5.69 Å². The first-order chi connectivity index (χ1) is 11.3. The Labute approximate surface area is 140 Å². The van der Waals surface area contributed by atoms with Gasteiger partial charge in [0, 0.05) is 18.8 Å². The van der Waals surface area contributed by atoms with Crippen molar-refractivity contribution in [2.75, 3.05) is 31.6 Å². The highest BCUT2D eigenvalue weighted by atomic mass is 16.5. The number of hydrogen-bond donors (Lipinski definition) is 1. The van der Waals surface area contributed by atoms with Crippen molar-refractivity contribution in [2.45, 2.75) is 51.9 Å². The van der Waals surface area contributed by atoms with Crippen LogP contribution in [0.5, 0.6) is 5.75 Å². The Morgan fingerprint density at radius 3 is 2.52 bits per heavy atom. The Morgan fingerprint density at radius 1 is 1.09 bits per heavy atom. The first-order valence-electron chi connectivity index (χ1n) is 9.04. The molecule has 0 unspecified atom stereocenters. The second-order valence-electron chi connectivity index (χ2n) is 6.23. The molecule has 1 aliphatic heterocycles. The number of ether oxygens (including phenoxy) is 1. The van der Waals surface area contributed by atoms with Gasteiger partial charge in [-0.3, -0.25) is 4.79 Å². The lowest BCUT2D eigenvalue weighted by atomic mass is 10.1. The number of amides is 1. The zero-order valence-corrected chi connectivity index (χ0v) is 14.4. The summed E-state index contributed by atoms with van der Waals surface area (Å²) in [6, 6.07) is 7.89. The minimum atomic E-state index is 0.195. The molecule has 2 rings (SSSR count). The van der Waals surface area contributed by atoms with Crippen molar-refractivity contribution in [3.63, 3.8) is 0 Å². The molecule has 0 atom stereocenters. The number of hydrogen-bond acceptors (Lipinski definition) is 3. The SMILES string of the molecule is CCCCCCOc1ccc(NCC(=O)N2CCCCC2)cc1. The highest BCUT2D eigenvalue weighted by molar-refractivity contribution is 5.80. The Morgan fingerprint density at radius 2 is 1.83 bits per heavy atom. The molecule has 1 aliphatic rings. The fourth-order valence-corrected chi connectivity index (χ4v) is 2.82. The molecule has 0 aliphatic carbocycles. The van der Waals surface area contributed by atoms with Crippen molar-refractivity contribution in [1.82, 2.24) is 4.90 Å². The minimum absolute atomic E-state index is 0.195. The Kier molecular flexibility index (Phi) is 7.78. The highest BCUT2D eigenvalue weighted by Gasteiger charge is 2.15. The number of carbonyl (C=O) groups excluding carboxylic acids is 1. The highest BCUT2D eigenvalue weighted by Crippen LogP contribution is 2.16. The van der Waals surface area contributed by atoms with Crippen LogP contribution < -0.4 is 10.1 Å². The molecule has 4 nitrogen and oxygen atoms in total. The summed E-state index contributed by atoms with van der Waals surface area (Å²) in [6.07, 6.45) is 8.38. The van der Waals surface area contributed by atoms with Crippen LogP contribution in [0.1, 0.15) is 51.9 Å². The second-order valence-corrected chi connectivity index (χ2v) is 6.23. The van der Waals surface area contributed by atoms with Gasteiger partial charge >= 0.3 is 0 Å². The molecule has 0 aromatic heterocycles. The van der Waals surface area contributed by atoms with E-state index >= 15 is 0 Å². The van der Waals surface area contributed by atoms with E-state index in [4.69, 9.17) is 4.74 Å². The van der Waals surface area contributed by atoms with E-state index in [2.05, 4.69) is 12.2 Å². The van der Waals surface area contributed by atoms with E-state index in [0.717, 1.165) is 50.4 Å². The fraction of sp³-hybridized carbons (Fsp3) is 0.632. The van der Waals surface area contributed by atoms with Crippen molar-refractivity contribution >= 4 is 11.6 Å². The average Bonchev–Trinajstić information content (AvgIpc) is 2.61. The van der Waals surface area contributed by atoms with E-state index in [9.17, 15) is 4.79 Å². The number of unbranched alkanes of at least 4 members (excludes halogenated alkanes) is 3. The normalized spacial score (nSPS) is 14.6. The van der Waals surface area contributed by atoms with E-state index in [-0.39, 0.29) is 5.91 Å². The van der Waals surface area contributed by atoms with Gasteiger partial charge in [0.25, 0.3) is 0 Å². The monoisotopic (exact) mass is 318 g/mol. The molecule has 23 heavy (non-hydrogen) atoms. The van der Waals surface area contributed by atoms with Crippen molar-refractivity contribution in [1.29, 1.82) is 0 Å². The number of nitrogens with one attached hydrogen (secondary N) is 1. The predicted octanol–water partition coefficient (Wildman–Crippen LogP) is 4.07. The maximum atomic E-state index is 12.1. The number of rotatable bonds is 9. The first kappa shape index (κ1) is 17.6. The summed E-state index contributed by atoms with van der Waals surface area (Å²) in [5.74, 6) is 1.09. The number of piperidine rings is 1. The van der Waals surface area contributed by atoms with Gasteiger partial charge in [0.1, 0.15) is 5.75 Å². The van der Waals surface area contributed by atoms with Crippen molar-refractivity contribution in [3.05, 3.63) is 24.3 Å². The van der Waals surface area contributed by atoms with Crippen LogP contribution in [-0.4, -0.2) is 37.0 Å². The van der Waals surface area contributed by atoms with E-state index < -0.39 is 0 Å². The van der Waals surface area contributed by atoms with Crippen LogP contribution in [0, 0.1) is 0 Å². The molecule has 1 saturated heterocycles. The quantitative estimate of drug-likeness (QED) is 0.698. The topological polar surface area (TPSA) is 41.6 Å². The average molecular weight is 318 g/mol. The van der Waals surface area contributed by atoms with Gasteiger partial charge in [-0.1, -0.05) is 26.2 Å². The molecule has 1 heterocycles. The molecular weight excluding hydrogens is 288 g/mol. The van der Waals surface area contributed by atoms with Crippen LogP contribution in [0.25, 0.3) is 0 Å². The smallest absolute Gasteiger partial charge is 0.241 e. The van der Waals surface area contributed by atoms with Crippen molar-refractivity contribution in [2.24, 2.45) is 0 Å². The van der Waals surface area contributed by atoms with Crippen molar-refractivity contribution in [3.8, 4) is 5.75 Å². The van der Waals surface area contributed by atoms with Gasteiger partial charge in [0.15, 0.2) is 0 Å². The molecule has 1 fully saturated rings. The summed E-state index contributed by atoms with van der Waals surface area (Å²) in [4.78, 5) is 14.1. The van der Waals surface area contributed by atoms with Gasteiger partial charge in [0.2, 0.25) is 5.91 Å². The number of anilines is 1. The first-order valence-corrected chi connectivity index (χ1v) is 9.04. The van der Waals surface area contributed by atoms with Crippen LogP contribution in [0.3, 0.4) is 0 Å². The number of carbonyl (C=O) groups is 1. The maximum Gasteiger partial charge on any atom is 0.241 e.